The third-order valence-corrected chi connectivity index (χ3v) is 9.06. The Bertz CT molecular complexity index is 759. The van der Waals surface area contributed by atoms with Gasteiger partial charge in [0.1, 0.15) is 0 Å². The van der Waals surface area contributed by atoms with Crippen molar-refractivity contribution in [3.8, 4) is 0 Å². The van der Waals surface area contributed by atoms with Crippen LogP contribution in [0.2, 0.25) is 0 Å². The van der Waals surface area contributed by atoms with Crippen molar-refractivity contribution in [2.24, 2.45) is 4.99 Å². The third-order valence-electron chi connectivity index (χ3n) is 5.98. The van der Waals surface area contributed by atoms with E-state index in [1.807, 2.05) is 6.92 Å². The number of ether oxygens (including phenoxy) is 1. The third kappa shape index (κ3) is 6.54. The van der Waals surface area contributed by atoms with Gasteiger partial charge in [-0.2, -0.15) is 0 Å². The molecule has 1 atom stereocenters. The topological polar surface area (TPSA) is 83.0 Å². The van der Waals surface area contributed by atoms with Crippen LogP contribution in [-0.4, -0.2) is 76.2 Å². The molecule has 30 heavy (non-hydrogen) atoms. The molecule has 2 saturated heterocycles. The van der Waals surface area contributed by atoms with E-state index in [0.717, 1.165) is 26.2 Å². The molecule has 0 radical (unpaired) electrons. The highest BCUT2D eigenvalue weighted by Gasteiger charge is 2.42. The maximum Gasteiger partial charge on any atom is 0.191 e. The van der Waals surface area contributed by atoms with Crippen LogP contribution >= 0.6 is 35.3 Å². The number of sulfone groups is 1. The van der Waals surface area contributed by atoms with Crippen LogP contribution in [0.4, 0.5) is 0 Å². The van der Waals surface area contributed by atoms with Crippen molar-refractivity contribution in [1.82, 2.24) is 15.5 Å². The first-order chi connectivity index (χ1) is 14.0. The van der Waals surface area contributed by atoms with Crippen molar-refractivity contribution in [2.45, 2.75) is 43.4 Å². The standard InChI is InChI=1S/C20H34N4O3S2.HI/c1-3-21-19(23-16-20(29(2,25)26)8-12-27-13-9-20)22-15-17(18-7-6-14-28-18)24-10-4-5-11-24;/h6-7,14,17H,3-5,8-13,15-16H2,1-2H3,(H2,21,22,23);1H. The molecule has 3 heterocycles. The van der Waals surface area contributed by atoms with Crippen LogP contribution in [0.15, 0.2) is 22.5 Å². The van der Waals surface area contributed by atoms with Crippen molar-refractivity contribution in [3.63, 3.8) is 0 Å². The van der Waals surface area contributed by atoms with E-state index in [9.17, 15) is 8.42 Å². The highest BCUT2D eigenvalue weighted by atomic mass is 127. The van der Waals surface area contributed by atoms with Gasteiger partial charge in [-0.25, -0.2) is 8.42 Å². The fourth-order valence-electron chi connectivity index (χ4n) is 4.09. The molecule has 0 aliphatic carbocycles. The first-order valence-electron chi connectivity index (χ1n) is 10.5. The van der Waals surface area contributed by atoms with Gasteiger partial charge in [0.2, 0.25) is 0 Å². The summed E-state index contributed by atoms with van der Waals surface area (Å²) in [5.74, 6) is 0.683. The zero-order valence-corrected chi connectivity index (χ0v) is 21.9. The Morgan fingerprint density at radius 3 is 2.57 bits per heavy atom. The summed E-state index contributed by atoms with van der Waals surface area (Å²) in [6.07, 6.45) is 4.82. The minimum Gasteiger partial charge on any atom is -0.381 e. The Hall–Kier alpha value is -0.430. The van der Waals surface area contributed by atoms with E-state index in [0.29, 0.717) is 38.1 Å². The molecule has 1 unspecified atom stereocenters. The highest BCUT2D eigenvalue weighted by molar-refractivity contribution is 14.0. The average molecular weight is 571 g/mol. The second-order valence-electron chi connectivity index (χ2n) is 7.92. The Labute approximate surface area is 202 Å². The number of nitrogens with one attached hydrogen (secondary N) is 2. The molecule has 0 bridgehead atoms. The number of aliphatic imine (C=N–C) groups is 1. The zero-order valence-electron chi connectivity index (χ0n) is 17.9. The van der Waals surface area contributed by atoms with E-state index < -0.39 is 14.6 Å². The number of halogens is 1. The first-order valence-corrected chi connectivity index (χ1v) is 13.3. The zero-order chi connectivity index (χ0) is 20.7. The maximum atomic E-state index is 12.5. The van der Waals surface area contributed by atoms with Crippen LogP contribution in [-0.2, 0) is 14.6 Å². The quantitative estimate of drug-likeness (QED) is 0.284. The minimum atomic E-state index is -3.23. The minimum absolute atomic E-state index is 0. The average Bonchev–Trinajstić information content (AvgIpc) is 3.41. The summed E-state index contributed by atoms with van der Waals surface area (Å²) < 4.78 is 29.6. The van der Waals surface area contributed by atoms with Crippen LogP contribution in [0.1, 0.15) is 43.5 Å². The lowest BCUT2D eigenvalue weighted by atomic mass is 9.99. The lowest BCUT2D eigenvalue weighted by Crippen LogP contribution is -2.48. The summed E-state index contributed by atoms with van der Waals surface area (Å²) in [6.45, 7) is 6.96. The van der Waals surface area contributed by atoms with E-state index >= 15 is 0 Å². The number of thiophene rings is 1. The predicted molar refractivity (Wildman–Crippen MR) is 135 cm³/mol. The van der Waals surface area contributed by atoms with E-state index in [2.05, 4.69) is 33.0 Å². The molecule has 0 amide bonds. The molecule has 2 aliphatic heterocycles. The first kappa shape index (κ1) is 25.8. The molecule has 7 nitrogen and oxygen atoms in total. The molecule has 2 fully saturated rings. The molecule has 2 aliphatic rings. The second-order valence-corrected chi connectivity index (χ2v) is 11.3. The van der Waals surface area contributed by atoms with Crippen LogP contribution in [0.25, 0.3) is 0 Å². The van der Waals surface area contributed by atoms with Gasteiger partial charge in [-0.1, -0.05) is 6.07 Å². The molecule has 1 aromatic rings. The number of nitrogens with zero attached hydrogens (tertiary/aromatic N) is 2. The lowest BCUT2D eigenvalue weighted by molar-refractivity contribution is 0.0768. The maximum absolute atomic E-state index is 12.5. The lowest BCUT2D eigenvalue weighted by Gasteiger charge is -2.34. The Kier molecular flexibility index (Phi) is 10.3. The van der Waals surface area contributed by atoms with Gasteiger partial charge in [0.15, 0.2) is 15.8 Å². The molecule has 0 aromatic carbocycles. The number of hydrogen-bond acceptors (Lipinski definition) is 6. The fourth-order valence-corrected chi connectivity index (χ4v) is 6.16. The smallest absolute Gasteiger partial charge is 0.191 e. The monoisotopic (exact) mass is 570 g/mol. The number of hydrogen-bond donors (Lipinski definition) is 2. The van der Waals surface area contributed by atoms with Crippen molar-refractivity contribution in [2.75, 3.05) is 52.2 Å². The SMILES string of the molecule is CCNC(=NCC1(S(C)(=O)=O)CCOCC1)NCC(c1cccs1)N1CCCC1.I. The van der Waals surface area contributed by atoms with Crippen molar-refractivity contribution < 1.29 is 13.2 Å². The van der Waals surface area contributed by atoms with Crippen LogP contribution in [0.3, 0.4) is 0 Å². The van der Waals surface area contributed by atoms with Gasteiger partial charge in [-0.05, 0) is 57.1 Å². The van der Waals surface area contributed by atoms with E-state index in [-0.39, 0.29) is 30.5 Å². The summed E-state index contributed by atoms with van der Waals surface area (Å²) in [6, 6.07) is 4.61. The van der Waals surface area contributed by atoms with E-state index in [1.54, 1.807) is 11.3 Å². The molecule has 0 saturated carbocycles. The van der Waals surface area contributed by atoms with Gasteiger partial charge < -0.3 is 15.4 Å². The second kappa shape index (κ2) is 12.0. The van der Waals surface area contributed by atoms with Gasteiger partial charge in [-0.3, -0.25) is 9.89 Å². The Morgan fingerprint density at radius 1 is 1.30 bits per heavy atom. The van der Waals surface area contributed by atoms with Crippen molar-refractivity contribution in [1.29, 1.82) is 0 Å². The molecule has 172 valence electrons. The fraction of sp³-hybridized carbons (Fsp3) is 0.750. The molecule has 10 heteroatoms. The van der Waals surface area contributed by atoms with Gasteiger partial charge in [-0.15, -0.1) is 35.3 Å². The normalized spacial score (nSPS) is 21.1. The number of rotatable bonds is 8. The number of guanidine groups is 1. The summed E-state index contributed by atoms with van der Waals surface area (Å²) >= 11 is 1.79. The summed E-state index contributed by atoms with van der Waals surface area (Å²) in [7, 11) is -3.23. The summed E-state index contributed by atoms with van der Waals surface area (Å²) in [4.78, 5) is 8.58. The summed E-state index contributed by atoms with van der Waals surface area (Å²) in [5.41, 5.74) is 0. The van der Waals surface area contributed by atoms with Gasteiger partial charge in [0, 0.05) is 37.4 Å². The molecule has 1 aromatic heterocycles. The van der Waals surface area contributed by atoms with Crippen LogP contribution in [0.5, 0.6) is 0 Å². The summed E-state index contributed by atoms with van der Waals surface area (Å²) in [5, 5.41) is 8.88. The van der Waals surface area contributed by atoms with Gasteiger partial charge in [0.25, 0.3) is 0 Å². The largest absolute Gasteiger partial charge is 0.381 e. The van der Waals surface area contributed by atoms with Gasteiger partial charge in [0.05, 0.1) is 17.3 Å². The number of likely N-dealkylation sites (tertiary alicyclic amines) is 1. The molecular formula is C20H35IN4O3S2. The van der Waals surface area contributed by atoms with Gasteiger partial charge >= 0.3 is 0 Å². The molecular weight excluding hydrogens is 535 g/mol. The Morgan fingerprint density at radius 2 is 2.00 bits per heavy atom. The molecule has 3 rings (SSSR count). The molecule has 0 spiro atoms. The van der Waals surface area contributed by atoms with Crippen molar-refractivity contribution >= 4 is 51.1 Å². The predicted octanol–water partition coefficient (Wildman–Crippen LogP) is 2.65. The van der Waals surface area contributed by atoms with E-state index in [4.69, 9.17) is 9.73 Å². The Balaban J connectivity index is 0.00000320. The van der Waals surface area contributed by atoms with Crippen LogP contribution in [0, 0.1) is 0 Å². The van der Waals surface area contributed by atoms with E-state index in [1.165, 1.54) is 24.0 Å². The molecule has 2 N–H and O–H groups in total. The van der Waals surface area contributed by atoms with Crippen molar-refractivity contribution in [3.05, 3.63) is 22.4 Å². The van der Waals surface area contributed by atoms with Crippen LogP contribution < -0.4 is 10.6 Å². The highest BCUT2D eigenvalue weighted by Crippen LogP contribution is 2.30.